The Morgan fingerprint density at radius 1 is 1.22 bits per heavy atom. The summed E-state index contributed by atoms with van der Waals surface area (Å²) in [4.78, 5) is 0. The minimum atomic E-state index is 0.697. The van der Waals surface area contributed by atoms with Gasteiger partial charge in [0, 0.05) is 37.2 Å². The Hall–Kier alpha value is -1.90. The van der Waals surface area contributed by atoms with Crippen LogP contribution in [0.4, 0.5) is 5.69 Å². The summed E-state index contributed by atoms with van der Waals surface area (Å²) >= 11 is 0. The van der Waals surface area contributed by atoms with Crippen molar-refractivity contribution in [1.82, 2.24) is 4.57 Å². The molecule has 0 aliphatic rings. The average molecular weight is 244 g/mol. The van der Waals surface area contributed by atoms with Crippen LogP contribution in [0.25, 0.3) is 0 Å². The quantitative estimate of drug-likeness (QED) is 0.841. The molecule has 0 aliphatic heterocycles. The molecule has 1 heterocycles. The Kier molecular flexibility index (Phi) is 4.29. The molecule has 0 bridgehead atoms. The molecule has 1 N–H and O–H groups in total. The SMILES string of the molecule is CCOc1cccc(NCc2ccn(CC)c2)c1. The molecule has 0 aliphatic carbocycles. The smallest absolute Gasteiger partial charge is 0.121 e. The first-order valence-corrected chi connectivity index (χ1v) is 6.43. The van der Waals surface area contributed by atoms with Crippen molar-refractivity contribution in [3.8, 4) is 5.75 Å². The molecule has 0 atom stereocenters. The second-order valence-corrected chi connectivity index (χ2v) is 4.16. The first-order chi connectivity index (χ1) is 8.81. The van der Waals surface area contributed by atoms with E-state index in [-0.39, 0.29) is 0 Å². The lowest BCUT2D eigenvalue weighted by molar-refractivity contribution is 0.340. The van der Waals surface area contributed by atoms with Gasteiger partial charge in [0.2, 0.25) is 0 Å². The Bertz CT molecular complexity index is 491. The minimum Gasteiger partial charge on any atom is -0.494 e. The van der Waals surface area contributed by atoms with Gasteiger partial charge in [-0.1, -0.05) is 6.07 Å². The number of hydrogen-bond acceptors (Lipinski definition) is 2. The van der Waals surface area contributed by atoms with E-state index in [0.717, 1.165) is 24.5 Å². The van der Waals surface area contributed by atoms with Crippen molar-refractivity contribution in [2.24, 2.45) is 0 Å². The van der Waals surface area contributed by atoms with Crippen LogP contribution in [-0.2, 0) is 13.1 Å². The first-order valence-electron chi connectivity index (χ1n) is 6.43. The van der Waals surface area contributed by atoms with Crippen molar-refractivity contribution in [2.45, 2.75) is 26.9 Å². The Labute approximate surface area is 108 Å². The zero-order chi connectivity index (χ0) is 12.8. The standard InChI is InChI=1S/C15H20N2O/c1-3-17-9-8-13(12-17)11-16-14-6-5-7-15(10-14)18-4-2/h5-10,12,16H,3-4,11H2,1-2H3. The molecule has 1 aromatic carbocycles. The molecule has 0 amide bonds. The van der Waals surface area contributed by atoms with Crippen LogP contribution >= 0.6 is 0 Å². The molecule has 0 spiro atoms. The number of ether oxygens (including phenoxy) is 1. The lowest BCUT2D eigenvalue weighted by atomic mass is 10.2. The van der Waals surface area contributed by atoms with E-state index in [1.165, 1.54) is 5.56 Å². The summed E-state index contributed by atoms with van der Waals surface area (Å²) in [5.41, 5.74) is 2.38. The molecule has 1 aromatic heterocycles. The van der Waals surface area contributed by atoms with Gasteiger partial charge >= 0.3 is 0 Å². The largest absolute Gasteiger partial charge is 0.494 e. The summed E-state index contributed by atoms with van der Waals surface area (Å²) in [5, 5.41) is 3.40. The molecule has 0 fully saturated rings. The summed E-state index contributed by atoms with van der Waals surface area (Å²) in [5.74, 6) is 0.911. The Morgan fingerprint density at radius 3 is 2.83 bits per heavy atom. The van der Waals surface area contributed by atoms with Crippen LogP contribution in [0.1, 0.15) is 19.4 Å². The van der Waals surface area contributed by atoms with Crippen molar-refractivity contribution in [1.29, 1.82) is 0 Å². The van der Waals surface area contributed by atoms with Crippen LogP contribution in [0.2, 0.25) is 0 Å². The van der Waals surface area contributed by atoms with Crippen LogP contribution in [0, 0.1) is 0 Å². The summed E-state index contributed by atoms with van der Waals surface area (Å²) in [7, 11) is 0. The van der Waals surface area contributed by atoms with Gasteiger partial charge in [-0.25, -0.2) is 0 Å². The maximum atomic E-state index is 5.48. The molecule has 3 nitrogen and oxygen atoms in total. The second kappa shape index (κ2) is 6.15. The monoisotopic (exact) mass is 244 g/mol. The van der Waals surface area contributed by atoms with Crippen molar-refractivity contribution in [3.63, 3.8) is 0 Å². The fourth-order valence-corrected chi connectivity index (χ4v) is 1.86. The number of benzene rings is 1. The van der Waals surface area contributed by atoms with E-state index in [9.17, 15) is 0 Å². The third kappa shape index (κ3) is 3.29. The van der Waals surface area contributed by atoms with Crippen molar-refractivity contribution < 1.29 is 4.74 Å². The number of nitrogens with one attached hydrogen (secondary N) is 1. The van der Waals surface area contributed by atoms with Crippen molar-refractivity contribution >= 4 is 5.69 Å². The maximum absolute atomic E-state index is 5.48. The number of hydrogen-bond donors (Lipinski definition) is 1. The van der Waals surface area contributed by atoms with Gasteiger partial charge in [0.1, 0.15) is 5.75 Å². The highest BCUT2D eigenvalue weighted by Crippen LogP contribution is 2.18. The molecule has 0 unspecified atom stereocenters. The normalized spacial score (nSPS) is 10.3. The van der Waals surface area contributed by atoms with Crippen molar-refractivity contribution in [3.05, 3.63) is 48.3 Å². The van der Waals surface area contributed by atoms with E-state index in [2.05, 4.69) is 41.3 Å². The molecular formula is C15H20N2O. The third-order valence-electron chi connectivity index (χ3n) is 2.82. The number of aromatic nitrogens is 1. The van der Waals surface area contributed by atoms with E-state index in [0.29, 0.717) is 6.61 Å². The highest BCUT2D eigenvalue weighted by molar-refractivity contribution is 5.48. The summed E-state index contributed by atoms with van der Waals surface area (Å²) < 4.78 is 7.65. The fraction of sp³-hybridized carbons (Fsp3) is 0.333. The van der Waals surface area contributed by atoms with Gasteiger partial charge in [0.25, 0.3) is 0 Å². The lowest BCUT2D eigenvalue weighted by Gasteiger charge is -2.08. The summed E-state index contributed by atoms with van der Waals surface area (Å²) in [6, 6.07) is 10.2. The van der Waals surface area contributed by atoms with Gasteiger partial charge in [-0.05, 0) is 37.6 Å². The van der Waals surface area contributed by atoms with E-state index in [1.807, 2.05) is 25.1 Å². The second-order valence-electron chi connectivity index (χ2n) is 4.16. The van der Waals surface area contributed by atoms with Gasteiger partial charge in [-0.3, -0.25) is 0 Å². The van der Waals surface area contributed by atoms with Gasteiger partial charge in [0.05, 0.1) is 6.61 Å². The Morgan fingerprint density at radius 2 is 2.11 bits per heavy atom. The third-order valence-corrected chi connectivity index (χ3v) is 2.82. The van der Waals surface area contributed by atoms with Crippen LogP contribution in [0.3, 0.4) is 0 Å². The first kappa shape index (κ1) is 12.6. The number of anilines is 1. The van der Waals surface area contributed by atoms with E-state index in [4.69, 9.17) is 4.74 Å². The van der Waals surface area contributed by atoms with Gasteiger partial charge in [-0.15, -0.1) is 0 Å². The van der Waals surface area contributed by atoms with E-state index in [1.54, 1.807) is 0 Å². The van der Waals surface area contributed by atoms with Crippen LogP contribution in [-0.4, -0.2) is 11.2 Å². The van der Waals surface area contributed by atoms with E-state index >= 15 is 0 Å². The predicted molar refractivity (Wildman–Crippen MR) is 75.0 cm³/mol. The van der Waals surface area contributed by atoms with Gasteiger partial charge in [0.15, 0.2) is 0 Å². The fourth-order valence-electron chi connectivity index (χ4n) is 1.86. The zero-order valence-electron chi connectivity index (χ0n) is 11.0. The topological polar surface area (TPSA) is 26.2 Å². The van der Waals surface area contributed by atoms with Crippen LogP contribution in [0.5, 0.6) is 5.75 Å². The summed E-state index contributed by atoms with van der Waals surface area (Å²) in [6.07, 6.45) is 4.27. The molecule has 2 rings (SSSR count). The molecule has 0 saturated carbocycles. The van der Waals surface area contributed by atoms with Crippen LogP contribution < -0.4 is 10.1 Å². The van der Waals surface area contributed by atoms with E-state index < -0.39 is 0 Å². The summed E-state index contributed by atoms with van der Waals surface area (Å²) in [6.45, 7) is 6.68. The average Bonchev–Trinajstić information content (AvgIpc) is 2.85. The molecular weight excluding hydrogens is 224 g/mol. The molecule has 18 heavy (non-hydrogen) atoms. The predicted octanol–water partition coefficient (Wildman–Crippen LogP) is 3.52. The molecule has 0 radical (unpaired) electrons. The molecule has 3 heteroatoms. The van der Waals surface area contributed by atoms with Crippen LogP contribution in [0.15, 0.2) is 42.7 Å². The molecule has 2 aromatic rings. The Balaban J connectivity index is 1.94. The lowest BCUT2D eigenvalue weighted by Crippen LogP contribution is -1.99. The van der Waals surface area contributed by atoms with Gasteiger partial charge in [-0.2, -0.15) is 0 Å². The number of rotatable bonds is 6. The number of nitrogens with zero attached hydrogens (tertiary/aromatic N) is 1. The number of aryl methyl sites for hydroxylation is 1. The molecule has 96 valence electrons. The minimum absolute atomic E-state index is 0.697. The highest BCUT2D eigenvalue weighted by atomic mass is 16.5. The highest BCUT2D eigenvalue weighted by Gasteiger charge is 1.98. The zero-order valence-corrected chi connectivity index (χ0v) is 11.0. The van der Waals surface area contributed by atoms with Gasteiger partial charge < -0.3 is 14.6 Å². The maximum Gasteiger partial charge on any atom is 0.121 e. The van der Waals surface area contributed by atoms with Crippen molar-refractivity contribution in [2.75, 3.05) is 11.9 Å². The molecule has 0 saturated heterocycles.